The lowest BCUT2D eigenvalue weighted by atomic mass is 9.79. The number of carbonyl (C=O) groups is 1. The number of aliphatic carboxylic acids is 1. The van der Waals surface area contributed by atoms with E-state index in [0.717, 1.165) is 12.5 Å². The number of hydrogen-bond donors (Lipinski definition) is 1. The van der Waals surface area contributed by atoms with Crippen LogP contribution in [0.2, 0.25) is 0 Å². The average molecular weight is 281 g/mol. The van der Waals surface area contributed by atoms with Gasteiger partial charge in [-0.1, -0.05) is 19.1 Å². The normalized spacial score (nSPS) is 25.6. The van der Waals surface area contributed by atoms with Gasteiger partial charge < -0.3 is 5.11 Å². The molecule has 0 radical (unpaired) electrons. The third-order valence-electron chi connectivity index (χ3n) is 4.09. The molecule has 2 rings (SSSR count). The fourth-order valence-electron chi connectivity index (χ4n) is 3.03. The van der Waals surface area contributed by atoms with Crippen LogP contribution < -0.4 is 0 Å². The predicted octanol–water partition coefficient (Wildman–Crippen LogP) is 3.17. The third-order valence-corrected chi connectivity index (χ3v) is 4.09. The number of carboxylic acids is 1. The molecular formula is C14H16FNO4. The van der Waals surface area contributed by atoms with Crippen LogP contribution in [0.15, 0.2) is 18.2 Å². The highest BCUT2D eigenvalue weighted by Crippen LogP contribution is 2.45. The highest BCUT2D eigenvalue weighted by molar-refractivity contribution is 5.75. The Morgan fingerprint density at radius 1 is 1.60 bits per heavy atom. The van der Waals surface area contributed by atoms with E-state index in [9.17, 15) is 24.4 Å². The van der Waals surface area contributed by atoms with Crippen molar-refractivity contribution in [2.75, 3.05) is 0 Å². The van der Waals surface area contributed by atoms with Crippen LogP contribution in [0, 0.1) is 27.3 Å². The van der Waals surface area contributed by atoms with Crippen molar-refractivity contribution in [3.8, 4) is 0 Å². The van der Waals surface area contributed by atoms with Crippen molar-refractivity contribution in [1.29, 1.82) is 0 Å². The lowest BCUT2D eigenvalue weighted by Crippen LogP contribution is -2.31. The monoisotopic (exact) mass is 281 g/mol. The molecule has 1 aromatic rings. The van der Waals surface area contributed by atoms with Crippen molar-refractivity contribution in [3.63, 3.8) is 0 Å². The predicted molar refractivity (Wildman–Crippen MR) is 69.8 cm³/mol. The van der Waals surface area contributed by atoms with Gasteiger partial charge >= 0.3 is 11.7 Å². The van der Waals surface area contributed by atoms with E-state index in [2.05, 4.69) is 0 Å². The van der Waals surface area contributed by atoms with E-state index in [1.165, 1.54) is 12.1 Å². The van der Waals surface area contributed by atoms with Crippen molar-refractivity contribution in [3.05, 3.63) is 39.7 Å². The Morgan fingerprint density at radius 3 is 2.80 bits per heavy atom. The number of halogens is 1. The van der Waals surface area contributed by atoms with Gasteiger partial charge in [-0.25, -0.2) is 0 Å². The van der Waals surface area contributed by atoms with Crippen LogP contribution in [0.1, 0.15) is 31.7 Å². The molecular weight excluding hydrogens is 265 g/mol. The van der Waals surface area contributed by atoms with E-state index >= 15 is 0 Å². The second-order valence-corrected chi connectivity index (χ2v) is 5.62. The van der Waals surface area contributed by atoms with Crippen molar-refractivity contribution >= 4 is 11.7 Å². The molecule has 1 N–H and O–H groups in total. The lowest BCUT2D eigenvalue weighted by Gasteiger charge is -2.24. The Bertz CT molecular complexity index is 560. The minimum absolute atomic E-state index is 0.000185. The molecule has 0 heterocycles. The molecule has 2 atom stereocenters. The van der Waals surface area contributed by atoms with Gasteiger partial charge in [-0.3, -0.25) is 14.9 Å². The first kappa shape index (κ1) is 14.4. The summed E-state index contributed by atoms with van der Waals surface area (Å²) in [4.78, 5) is 21.5. The zero-order chi connectivity index (χ0) is 14.9. The highest BCUT2D eigenvalue weighted by atomic mass is 19.1. The molecule has 1 aliphatic carbocycles. The number of nitro groups is 1. The molecule has 0 bridgehead atoms. The fraction of sp³-hybridized carbons (Fsp3) is 0.500. The maximum absolute atomic E-state index is 14.1. The molecule has 0 saturated heterocycles. The summed E-state index contributed by atoms with van der Waals surface area (Å²) in [5, 5.41) is 20.2. The van der Waals surface area contributed by atoms with E-state index < -0.39 is 27.8 Å². The van der Waals surface area contributed by atoms with Gasteiger partial charge in [0.05, 0.1) is 10.3 Å². The standard InChI is InChI=1S/C14H16FNO4/c1-9-5-6-14(7-9,13(17)18)8-10-3-2-4-11(12(10)15)16(19)20/h2-4,9H,5-8H2,1H3,(H,17,18). The largest absolute Gasteiger partial charge is 0.481 e. The zero-order valence-electron chi connectivity index (χ0n) is 11.1. The van der Waals surface area contributed by atoms with E-state index in [0.29, 0.717) is 12.8 Å². The average Bonchev–Trinajstić information content (AvgIpc) is 2.74. The highest BCUT2D eigenvalue weighted by Gasteiger charge is 2.44. The number of nitrogens with zero attached hydrogens (tertiary/aromatic N) is 1. The quantitative estimate of drug-likeness (QED) is 0.679. The summed E-state index contributed by atoms with van der Waals surface area (Å²) < 4.78 is 14.1. The summed E-state index contributed by atoms with van der Waals surface area (Å²) in [5.41, 5.74) is -1.50. The van der Waals surface area contributed by atoms with Crippen molar-refractivity contribution in [2.24, 2.45) is 11.3 Å². The number of rotatable bonds is 4. The minimum atomic E-state index is -1.00. The third kappa shape index (κ3) is 2.50. The van der Waals surface area contributed by atoms with Crippen LogP contribution in [0.4, 0.5) is 10.1 Å². The first-order valence-corrected chi connectivity index (χ1v) is 6.51. The summed E-state index contributed by atoms with van der Waals surface area (Å²) in [6.07, 6.45) is 1.74. The van der Waals surface area contributed by atoms with E-state index in [-0.39, 0.29) is 17.9 Å². The molecule has 20 heavy (non-hydrogen) atoms. The summed E-state index contributed by atoms with van der Waals surface area (Å²) in [7, 11) is 0. The van der Waals surface area contributed by atoms with Gasteiger partial charge in [0.1, 0.15) is 0 Å². The zero-order valence-corrected chi connectivity index (χ0v) is 11.1. The number of hydrogen-bond acceptors (Lipinski definition) is 3. The van der Waals surface area contributed by atoms with Gasteiger partial charge in [0, 0.05) is 6.07 Å². The summed E-state index contributed by atoms with van der Waals surface area (Å²) in [6.45, 7) is 1.97. The van der Waals surface area contributed by atoms with Gasteiger partial charge in [0.2, 0.25) is 5.82 Å². The summed E-state index contributed by atoms with van der Waals surface area (Å²) in [6, 6.07) is 3.91. The number of carboxylic acid groups (broad SMARTS) is 1. The minimum Gasteiger partial charge on any atom is -0.481 e. The number of benzene rings is 1. The molecule has 1 aliphatic rings. The van der Waals surface area contributed by atoms with Crippen LogP contribution in [-0.2, 0) is 11.2 Å². The van der Waals surface area contributed by atoms with E-state index in [1.807, 2.05) is 6.92 Å². The molecule has 108 valence electrons. The Hall–Kier alpha value is -1.98. The molecule has 0 spiro atoms. The first-order valence-electron chi connectivity index (χ1n) is 6.51. The smallest absolute Gasteiger partial charge is 0.309 e. The Kier molecular flexibility index (Phi) is 3.74. The van der Waals surface area contributed by atoms with Crippen LogP contribution in [0.25, 0.3) is 0 Å². The molecule has 1 saturated carbocycles. The molecule has 5 nitrogen and oxygen atoms in total. The first-order chi connectivity index (χ1) is 9.35. The second-order valence-electron chi connectivity index (χ2n) is 5.62. The van der Waals surface area contributed by atoms with Gasteiger partial charge in [-0.15, -0.1) is 0 Å². The molecule has 0 aliphatic heterocycles. The topological polar surface area (TPSA) is 80.4 Å². The summed E-state index contributed by atoms with van der Waals surface area (Å²) >= 11 is 0. The van der Waals surface area contributed by atoms with Crippen LogP contribution in [0.5, 0.6) is 0 Å². The van der Waals surface area contributed by atoms with Crippen molar-refractivity contribution < 1.29 is 19.2 Å². The molecule has 1 aromatic carbocycles. The molecule has 0 aromatic heterocycles. The van der Waals surface area contributed by atoms with E-state index in [4.69, 9.17) is 0 Å². The van der Waals surface area contributed by atoms with Crippen LogP contribution in [-0.4, -0.2) is 16.0 Å². The Labute approximate surface area is 115 Å². The molecule has 6 heteroatoms. The van der Waals surface area contributed by atoms with Gasteiger partial charge in [0.15, 0.2) is 0 Å². The van der Waals surface area contributed by atoms with Crippen molar-refractivity contribution in [2.45, 2.75) is 32.6 Å². The SMILES string of the molecule is CC1CCC(Cc2cccc([N+](=O)[O-])c2F)(C(=O)O)C1. The lowest BCUT2D eigenvalue weighted by molar-refractivity contribution is -0.387. The van der Waals surface area contributed by atoms with Crippen LogP contribution in [0.3, 0.4) is 0 Å². The fourth-order valence-corrected chi connectivity index (χ4v) is 3.03. The second kappa shape index (κ2) is 5.19. The molecule has 2 unspecified atom stereocenters. The van der Waals surface area contributed by atoms with E-state index in [1.54, 1.807) is 0 Å². The van der Waals surface area contributed by atoms with Crippen molar-refractivity contribution in [1.82, 2.24) is 0 Å². The maximum atomic E-state index is 14.1. The maximum Gasteiger partial charge on any atom is 0.309 e. The Morgan fingerprint density at radius 2 is 2.30 bits per heavy atom. The van der Waals surface area contributed by atoms with Gasteiger partial charge in [-0.2, -0.15) is 4.39 Å². The molecule has 1 fully saturated rings. The van der Waals surface area contributed by atoms with Gasteiger partial charge in [0.25, 0.3) is 0 Å². The van der Waals surface area contributed by atoms with Crippen LogP contribution >= 0.6 is 0 Å². The summed E-state index contributed by atoms with van der Waals surface area (Å²) in [5.74, 6) is -1.60. The Balaban J connectivity index is 2.35. The molecule has 0 amide bonds. The number of nitro benzene ring substituents is 1. The van der Waals surface area contributed by atoms with Gasteiger partial charge in [-0.05, 0) is 37.2 Å².